The van der Waals surface area contributed by atoms with Crippen LogP contribution in [-0.4, -0.2) is 40.0 Å². The van der Waals surface area contributed by atoms with Crippen LogP contribution in [-0.2, 0) is 0 Å². The molecule has 0 heterocycles. The first-order chi connectivity index (χ1) is 6.29. The van der Waals surface area contributed by atoms with Crippen LogP contribution in [0, 0.1) is 0 Å². The second-order valence-electron chi connectivity index (χ2n) is 3.93. The van der Waals surface area contributed by atoms with Crippen molar-refractivity contribution in [2.75, 3.05) is 19.0 Å². The second kappa shape index (κ2) is 6.97. The van der Waals surface area contributed by atoms with Crippen LogP contribution < -0.4 is 12.4 Å². The topological polar surface area (TPSA) is 60.7 Å². The molecule has 3 N–H and O–H groups in total. The van der Waals surface area contributed by atoms with E-state index >= 15 is 0 Å². The van der Waals surface area contributed by atoms with E-state index in [4.69, 9.17) is 0 Å². The highest BCUT2D eigenvalue weighted by molar-refractivity contribution is 7.75. The monoisotopic (exact) mass is 242 g/mol. The molecule has 5 heteroatoms. The van der Waals surface area contributed by atoms with Crippen molar-refractivity contribution in [2.45, 2.75) is 37.8 Å². The van der Waals surface area contributed by atoms with Gasteiger partial charge in [0.1, 0.15) is 0 Å². The maximum atomic E-state index is 9.26. The molecule has 0 unspecified atom stereocenters. The fourth-order valence-electron chi connectivity index (χ4n) is 2.11. The van der Waals surface area contributed by atoms with Gasteiger partial charge in [0.15, 0.2) is 19.0 Å². The van der Waals surface area contributed by atoms with E-state index < -0.39 is 7.26 Å². The highest BCUT2D eigenvalue weighted by Gasteiger charge is 2.44. The van der Waals surface area contributed by atoms with Gasteiger partial charge in [-0.15, -0.1) is 0 Å². The molecule has 1 saturated carbocycles. The van der Waals surface area contributed by atoms with Gasteiger partial charge in [0.2, 0.25) is 0 Å². The molecular formula is C9H20ClO3P. The molecule has 0 saturated heterocycles. The number of halogens is 1. The summed E-state index contributed by atoms with van der Waals surface area (Å²) in [6.07, 6.45) is 5.81. The summed E-state index contributed by atoms with van der Waals surface area (Å²) in [6, 6.07) is 0. The Morgan fingerprint density at radius 1 is 0.857 bits per heavy atom. The first kappa shape index (κ1) is 14.6. The van der Waals surface area contributed by atoms with E-state index in [9.17, 15) is 15.3 Å². The number of aliphatic hydroxyl groups is 3. The molecule has 86 valence electrons. The summed E-state index contributed by atoms with van der Waals surface area (Å²) in [5.74, 6) is 0. The molecular weight excluding hydrogens is 223 g/mol. The quantitative estimate of drug-likeness (QED) is 0.510. The molecule has 0 aromatic heterocycles. The minimum Gasteiger partial charge on any atom is -1.00 e. The fourth-order valence-corrected chi connectivity index (χ4v) is 4.53. The molecule has 0 aliphatic heterocycles. The third-order valence-electron chi connectivity index (χ3n) is 3.19. The van der Waals surface area contributed by atoms with E-state index in [-0.39, 0.29) is 31.5 Å². The van der Waals surface area contributed by atoms with E-state index in [1.54, 1.807) is 0 Å². The summed E-state index contributed by atoms with van der Waals surface area (Å²) in [5, 5.41) is 27.8. The Labute approximate surface area is 92.3 Å². The minimum absolute atomic E-state index is 0. The SMILES string of the molecule is OC[P+](CO)(CO)C1CCCCC1.[Cl-]. The molecule has 1 aliphatic carbocycles. The maximum Gasteiger partial charge on any atom is 0.159 e. The lowest BCUT2D eigenvalue weighted by molar-refractivity contribution is -0.00000537. The third-order valence-corrected chi connectivity index (χ3v) is 6.95. The molecule has 1 aliphatic rings. The first-order valence-corrected chi connectivity index (χ1v) is 7.39. The first-order valence-electron chi connectivity index (χ1n) is 4.97. The normalized spacial score (nSPS) is 19.1. The van der Waals surface area contributed by atoms with Crippen molar-refractivity contribution in [3.8, 4) is 0 Å². The number of aliphatic hydroxyl groups excluding tert-OH is 3. The van der Waals surface area contributed by atoms with Crippen LogP contribution in [0.1, 0.15) is 32.1 Å². The van der Waals surface area contributed by atoms with Gasteiger partial charge in [-0.3, -0.25) is 0 Å². The molecule has 0 amide bonds. The average Bonchev–Trinajstić information content (AvgIpc) is 2.23. The largest absolute Gasteiger partial charge is 1.00 e. The molecule has 0 spiro atoms. The zero-order chi connectivity index (χ0) is 9.73. The van der Waals surface area contributed by atoms with E-state index in [0.717, 1.165) is 12.8 Å². The van der Waals surface area contributed by atoms with E-state index in [1.807, 2.05) is 0 Å². The Balaban J connectivity index is 0.00000169. The van der Waals surface area contributed by atoms with Crippen LogP contribution in [0.2, 0.25) is 0 Å². The predicted molar refractivity (Wildman–Crippen MR) is 55.1 cm³/mol. The molecule has 14 heavy (non-hydrogen) atoms. The number of hydrogen-bond donors (Lipinski definition) is 3. The van der Waals surface area contributed by atoms with Crippen LogP contribution in [0.3, 0.4) is 0 Å². The van der Waals surface area contributed by atoms with E-state index in [0.29, 0.717) is 5.66 Å². The van der Waals surface area contributed by atoms with Crippen LogP contribution in [0.4, 0.5) is 0 Å². The second-order valence-corrected chi connectivity index (χ2v) is 7.95. The molecule has 0 aromatic rings. The highest BCUT2D eigenvalue weighted by Crippen LogP contribution is 2.63. The van der Waals surface area contributed by atoms with Crippen molar-refractivity contribution in [2.24, 2.45) is 0 Å². The third kappa shape index (κ3) is 3.04. The van der Waals surface area contributed by atoms with E-state index in [2.05, 4.69) is 0 Å². The average molecular weight is 243 g/mol. The summed E-state index contributed by atoms with van der Waals surface area (Å²) in [6.45, 7) is 0. The predicted octanol–water partition coefficient (Wildman–Crippen LogP) is -1.81. The van der Waals surface area contributed by atoms with E-state index in [1.165, 1.54) is 19.3 Å². The zero-order valence-corrected chi connectivity index (χ0v) is 10.1. The van der Waals surface area contributed by atoms with Crippen LogP contribution in [0.25, 0.3) is 0 Å². The van der Waals surface area contributed by atoms with Crippen LogP contribution >= 0.6 is 7.26 Å². The van der Waals surface area contributed by atoms with Gasteiger partial charge in [-0.2, -0.15) is 0 Å². The van der Waals surface area contributed by atoms with Gasteiger partial charge in [-0.1, -0.05) is 6.42 Å². The molecule has 0 radical (unpaired) electrons. The van der Waals surface area contributed by atoms with Crippen molar-refractivity contribution in [1.29, 1.82) is 0 Å². The van der Waals surface area contributed by atoms with Crippen molar-refractivity contribution < 1.29 is 27.7 Å². The summed E-state index contributed by atoms with van der Waals surface area (Å²) < 4.78 is 0. The molecule has 1 rings (SSSR count). The van der Waals surface area contributed by atoms with Gasteiger partial charge in [0.05, 0.1) is 12.9 Å². The maximum absolute atomic E-state index is 9.26. The van der Waals surface area contributed by atoms with Crippen molar-refractivity contribution in [3.05, 3.63) is 0 Å². The van der Waals surface area contributed by atoms with Crippen molar-refractivity contribution >= 4 is 7.26 Å². The summed E-state index contributed by atoms with van der Waals surface area (Å²) in [5.41, 5.74) is 0.404. The van der Waals surface area contributed by atoms with Crippen LogP contribution in [0.5, 0.6) is 0 Å². The van der Waals surface area contributed by atoms with Crippen molar-refractivity contribution in [3.63, 3.8) is 0 Å². The van der Waals surface area contributed by atoms with Crippen molar-refractivity contribution in [1.82, 2.24) is 0 Å². The zero-order valence-electron chi connectivity index (χ0n) is 8.40. The van der Waals surface area contributed by atoms with Crippen LogP contribution in [0.15, 0.2) is 0 Å². The fraction of sp³-hybridized carbons (Fsp3) is 1.00. The Hall–Kier alpha value is 0.600. The molecule has 0 bridgehead atoms. The molecule has 1 fully saturated rings. The standard InChI is InChI=1S/C9H20O3P.ClH/c10-6-13(7-11,8-12)9-4-2-1-3-5-9;/h9-12H,1-8H2;1H/q+1;/p-1. The lowest BCUT2D eigenvalue weighted by Crippen LogP contribution is -3.00. The Bertz CT molecular complexity index is 139. The Morgan fingerprint density at radius 3 is 1.64 bits per heavy atom. The molecule has 3 nitrogen and oxygen atoms in total. The van der Waals surface area contributed by atoms with Gasteiger partial charge in [-0.05, 0) is 25.7 Å². The summed E-state index contributed by atoms with van der Waals surface area (Å²) >= 11 is 0. The number of hydrogen-bond acceptors (Lipinski definition) is 3. The van der Waals surface area contributed by atoms with Gasteiger partial charge in [-0.25, -0.2) is 0 Å². The highest BCUT2D eigenvalue weighted by atomic mass is 35.5. The van der Waals surface area contributed by atoms with Gasteiger partial charge in [0.25, 0.3) is 0 Å². The lowest BCUT2D eigenvalue weighted by Gasteiger charge is -2.32. The van der Waals surface area contributed by atoms with Gasteiger partial charge >= 0.3 is 0 Å². The lowest BCUT2D eigenvalue weighted by atomic mass is 10.0. The van der Waals surface area contributed by atoms with Gasteiger partial charge in [0, 0.05) is 0 Å². The Kier molecular flexibility index (Phi) is 7.27. The number of rotatable bonds is 4. The molecule has 0 aromatic carbocycles. The Morgan fingerprint density at radius 2 is 1.29 bits per heavy atom. The summed E-state index contributed by atoms with van der Waals surface area (Å²) in [7, 11) is -1.85. The summed E-state index contributed by atoms with van der Waals surface area (Å²) in [4.78, 5) is 0. The minimum atomic E-state index is -1.85. The molecule has 0 atom stereocenters. The van der Waals surface area contributed by atoms with Gasteiger partial charge < -0.3 is 27.7 Å². The smallest absolute Gasteiger partial charge is 0.159 e.